The lowest BCUT2D eigenvalue weighted by Crippen LogP contribution is -2.34. The van der Waals surface area contributed by atoms with Gasteiger partial charge in [-0.15, -0.1) is 0 Å². The topological polar surface area (TPSA) is 88.5 Å². The van der Waals surface area contributed by atoms with E-state index in [0.29, 0.717) is 5.02 Å². The number of aromatic nitrogens is 1. The van der Waals surface area contributed by atoms with Gasteiger partial charge in [-0.25, -0.2) is 12.7 Å². The Kier molecular flexibility index (Phi) is 6.22. The first-order valence-corrected chi connectivity index (χ1v) is 9.61. The maximum Gasteiger partial charge on any atom is 0.251 e. The molecular formula is C17H20ClN3O4S. The van der Waals surface area contributed by atoms with Gasteiger partial charge < -0.3 is 9.88 Å². The lowest BCUT2D eigenvalue weighted by molar-refractivity contribution is -0.122. The van der Waals surface area contributed by atoms with Gasteiger partial charge >= 0.3 is 0 Å². The zero-order valence-electron chi connectivity index (χ0n) is 14.6. The summed E-state index contributed by atoms with van der Waals surface area (Å²) in [5.41, 5.74) is 0.280. The fourth-order valence-corrected chi connectivity index (χ4v) is 3.56. The third-order valence-corrected chi connectivity index (χ3v) is 5.94. The van der Waals surface area contributed by atoms with Crippen LogP contribution in [0, 0.1) is 0 Å². The van der Waals surface area contributed by atoms with Crippen molar-refractivity contribution in [3.05, 3.63) is 63.5 Å². The van der Waals surface area contributed by atoms with Crippen LogP contribution < -0.4 is 10.9 Å². The zero-order valence-corrected chi connectivity index (χ0v) is 16.2. The predicted molar refractivity (Wildman–Crippen MR) is 99.6 cm³/mol. The van der Waals surface area contributed by atoms with E-state index in [1.807, 2.05) is 6.07 Å². The number of rotatable bonds is 6. The highest BCUT2D eigenvalue weighted by Gasteiger charge is 2.19. The minimum absolute atomic E-state index is 0.0611. The van der Waals surface area contributed by atoms with Crippen molar-refractivity contribution in [2.75, 3.05) is 14.1 Å². The minimum atomic E-state index is -3.70. The Bertz CT molecular complexity index is 970. The molecule has 0 aliphatic heterocycles. The zero-order chi connectivity index (χ0) is 19.5. The number of hydrogen-bond acceptors (Lipinski definition) is 4. The molecule has 1 aromatic heterocycles. The van der Waals surface area contributed by atoms with E-state index in [1.165, 1.54) is 20.2 Å². The Hall–Kier alpha value is -2.16. The summed E-state index contributed by atoms with van der Waals surface area (Å²) in [7, 11) is -0.916. The quantitative estimate of drug-likeness (QED) is 0.802. The first-order valence-electron chi connectivity index (χ1n) is 7.79. The molecule has 140 valence electrons. The predicted octanol–water partition coefficient (Wildman–Crippen LogP) is 1.63. The fraction of sp³-hybridized carbons (Fsp3) is 0.294. The molecule has 7 nitrogen and oxygen atoms in total. The van der Waals surface area contributed by atoms with Crippen molar-refractivity contribution in [3.8, 4) is 0 Å². The molecule has 26 heavy (non-hydrogen) atoms. The van der Waals surface area contributed by atoms with E-state index in [4.69, 9.17) is 11.6 Å². The number of pyridine rings is 1. The molecule has 2 aromatic rings. The van der Waals surface area contributed by atoms with Crippen molar-refractivity contribution >= 4 is 27.5 Å². The highest BCUT2D eigenvalue weighted by molar-refractivity contribution is 7.89. The summed E-state index contributed by atoms with van der Waals surface area (Å²) in [6, 6.07) is 9.10. The molecule has 1 N–H and O–H groups in total. The number of nitrogens with one attached hydrogen (secondary N) is 1. The van der Waals surface area contributed by atoms with Gasteiger partial charge in [-0.3, -0.25) is 9.59 Å². The molecule has 0 saturated heterocycles. The first-order chi connectivity index (χ1) is 12.1. The average molecular weight is 398 g/mol. The summed E-state index contributed by atoms with van der Waals surface area (Å²) in [6.07, 6.45) is 1.16. The highest BCUT2D eigenvalue weighted by Crippen LogP contribution is 2.22. The fourth-order valence-electron chi connectivity index (χ4n) is 2.34. The van der Waals surface area contributed by atoms with E-state index in [1.54, 1.807) is 25.1 Å². The SMILES string of the molecule is C[C@@H](NC(=O)Cn1cc(S(=O)(=O)N(C)C)ccc1=O)c1ccccc1Cl. The van der Waals surface area contributed by atoms with Crippen LogP contribution in [0.2, 0.25) is 5.02 Å². The van der Waals surface area contributed by atoms with E-state index < -0.39 is 21.5 Å². The van der Waals surface area contributed by atoms with Gasteiger partial charge in [-0.05, 0) is 24.6 Å². The van der Waals surface area contributed by atoms with Gasteiger partial charge in [0.2, 0.25) is 15.9 Å². The third kappa shape index (κ3) is 4.51. The number of hydrogen-bond donors (Lipinski definition) is 1. The van der Waals surface area contributed by atoms with Gasteiger partial charge in [0, 0.05) is 31.4 Å². The smallest absolute Gasteiger partial charge is 0.251 e. The number of carbonyl (C=O) groups excluding carboxylic acids is 1. The lowest BCUT2D eigenvalue weighted by Gasteiger charge is -2.17. The van der Waals surface area contributed by atoms with Crippen molar-refractivity contribution in [1.29, 1.82) is 0 Å². The van der Waals surface area contributed by atoms with Crippen LogP contribution in [0.15, 0.2) is 52.3 Å². The molecule has 0 fully saturated rings. The summed E-state index contributed by atoms with van der Waals surface area (Å²) < 4.78 is 26.5. The largest absolute Gasteiger partial charge is 0.348 e. The Morgan fingerprint density at radius 2 is 1.88 bits per heavy atom. The van der Waals surface area contributed by atoms with Crippen molar-refractivity contribution in [2.24, 2.45) is 0 Å². The molecule has 0 aliphatic carbocycles. The second-order valence-corrected chi connectivity index (χ2v) is 8.49. The molecule has 0 bridgehead atoms. The summed E-state index contributed by atoms with van der Waals surface area (Å²) in [5.74, 6) is -0.432. The van der Waals surface area contributed by atoms with Crippen molar-refractivity contribution < 1.29 is 13.2 Å². The van der Waals surface area contributed by atoms with E-state index >= 15 is 0 Å². The van der Waals surface area contributed by atoms with Gasteiger partial charge in [0.15, 0.2) is 0 Å². The molecule has 0 spiro atoms. The van der Waals surface area contributed by atoms with Crippen LogP contribution in [0.3, 0.4) is 0 Å². The first kappa shape index (κ1) is 20.2. The summed E-state index contributed by atoms with van der Waals surface area (Å²) >= 11 is 6.11. The molecule has 9 heteroatoms. The highest BCUT2D eigenvalue weighted by atomic mass is 35.5. The molecular weight excluding hydrogens is 378 g/mol. The number of carbonyl (C=O) groups is 1. The number of benzene rings is 1. The van der Waals surface area contributed by atoms with Crippen molar-refractivity contribution in [3.63, 3.8) is 0 Å². The van der Waals surface area contributed by atoms with Crippen molar-refractivity contribution in [1.82, 2.24) is 14.2 Å². The molecule has 0 aliphatic rings. The molecule has 0 radical (unpaired) electrons. The molecule has 1 aromatic carbocycles. The molecule has 0 saturated carbocycles. The number of nitrogens with zero attached hydrogens (tertiary/aromatic N) is 2. The Morgan fingerprint density at radius 1 is 1.23 bits per heavy atom. The summed E-state index contributed by atoms with van der Waals surface area (Å²) in [5, 5.41) is 3.28. The van der Waals surface area contributed by atoms with Gasteiger partial charge in [0.25, 0.3) is 5.56 Å². The van der Waals surface area contributed by atoms with E-state index in [0.717, 1.165) is 26.7 Å². The number of amides is 1. The normalized spacial score (nSPS) is 12.8. The molecule has 1 heterocycles. The maximum absolute atomic E-state index is 12.3. The van der Waals surface area contributed by atoms with Gasteiger partial charge in [0.1, 0.15) is 6.54 Å². The van der Waals surface area contributed by atoms with Crippen LogP contribution in [-0.2, 0) is 21.4 Å². The van der Waals surface area contributed by atoms with Gasteiger partial charge in [-0.1, -0.05) is 29.8 Å². The van der Waals surface area contributed by atoms with E-state index in [-0.39, 0.29) is 17.5 Å². The second kappa shape index (κ2) is 8.03. The summed E-state index contributed by atoms with van der Waals surface area (Å²) in [6.45, 7) is 1.47. The number of halogens is 1. The minimum Gasteiger partial charge on any atom is -0.348 e. The van der Waals surface area contributed by atoms with E-state index in [9.17, 15) is 18.0 Å². The van der Waals surface area contributed by atoms with Crippen LogP contribution in [0.4, 0.5) is 0 Å². The monoisotopic (exact) mass is 397 g/mol. The molecule has 1 amide bonds. The van der Waals surface area contributed by atoms with E-state index in [2.05, 4.69) is 5.32 Å². The molecule has 1 atom stereocenters. The van der Waals surface area contributed by atoms with Gasteiger partial charge in [-0.2, -0.15) is 0 Å². The Balaban J connectivity index is 2.19. The molecule has 0 unspecified atom stereocenters. The van der Waals surface area contributed by atoms with Crippen LogP contribution in [0.5, 0.6) is 0 Å². The lowest BCUT2D eigenvalue weighted by atomic mass is 10.1. The van der Waals surface area contributed by atoms with Gasteiger partial charge in [0.05, 0.1) is 10.9 Å². The van der Waals surface area contributed by atoms with Crippen molar-refractivity contribution in [2.45, 2.75) is 24.4 Å². The number of sulfonamides is 1. The Morgan fingerprint density at radius 3 is 2.50 bits per heavy atom. The Labute approximate surface area is 157 Å². The molecule has 2 rings (SSSR count). The average Bonchev–Trinajstić information content (AvgIpc) is 2.56. The van der Waals surface area contributed by atoms with Crippen LogP contribution in [0.1, 0.15) is 18.5 Å². The van der Waals surface area contributed by atoms with Crippen LogP contribution in [-0.4, -0.2) is 37.3 Å². The van der Waals surface area contributed by atoms with Crippen LogP contribution >= 0.6 is 11.6 Å². The second-order valence-electron chi connectivity index (χ2n) is 5.93. The summed E-state index contributed by atoms with van der Waals surface area (Å²) in [4.78, 5) is 24.2. The third-order valence-electron chi connectivity index (χ3n) is 3.80. The van der Waals surface area contributed by atoms with Crippen LogP contribution in [0.25, 0.3) is 0 Å². The standard InChI is InChI=1S/C17H20ClN3O4S/c1-12(14-6-4-5-7-15(14)18)19-16(22)11-21-10-13(8-9-17(21)23)26(24,25)20(2)3/h4-10,12H,11H2,1-3H3,(H,19,22)/t12-/m1/s1. The maximum atomic E-state index is 12.3.